The Balaban J connectivity index is 1.48. The fraction of sp³-hybridized carbons (Fsp3) is 0.250. The summed E-state index contributed by atoms with van der Waals surface area (Å²) >= 11 is 0. The molecule has 0 aliphatic heterocycles. The molecule has 0 fully saturated rings. The van der Waals surface area contributed by atoms with Crippen LogP contribution in [0.25, 0.3) is 10.9 Å². The summed E-state index contributed by atoms with van der Waals surface area (Å²) in [6.07, 6.45) is 0.955. The van der Waals surface area contributed by atoms with Crippen molar-refractivity contribution >= 4 is 16.8 Å². The van der Waals surface area contributed by atoms with Crippen LogP contribution in [0.5, 0.6) is 5.75 Å². The van der Waals surface area contributed by atoms with Gasteiger partial charge < -0.3 is 15.0 Å². The van der Waals surface area contributed by atoms with Gasteiger partial charge in [0, 0.05) is 23.1 Å². The fourth-order valence-electron chi connectivity index (χ4n) is 2.81. The average molecular weight is 340 g/mol. The molecule has 0 atom stereocenters. The zero-order valence-corrected chi connectivity index (χ0v) is 14.1. The van der Waals surface area contributed by atoms with Crippen LogP contribution in [0.3, 0.4) is 0 Å². The Bertz CT molecular complexity index is 859. The first-order valence-corrected chi connectivity index (χ1v) is 8.35. The van der Waals surface area contributed by atoms with Crippen molar-refractivity contribution in [2.45, 2.75) is 19.8 Å². The van der Waals surface area contributed by atoms with E-state index in [1.165, 1.54) is 12.1 Å². The van der Waals surface area contributed by atoms with E-state index < -0.39 is 0 Å². The number of ether oxygens (including phenoxy) is 1. The number of benzene rings is 2. The zero-order chi connectivity index (χ0) is 17.6. The predicted octanol–water partition coefficient (Wildman–Crippen LogP) is 3.74. The third-order valence-corrected chi connectivity index (χ3v) is 4.07. The van der Waals surface area contributed by atoms with E-state index >= 15 is 0 Å². The number of hydrogen-bond donors (Lipinski definition) is 2. The lowest BCUT2D eigenvalue weighted by Crippen LogP contribution is -2.27. The molecule has 25 heavy (non-hydrogen) atoms. The summed E-state index contributed by atoms with van der Waals surface area (Å²) in [5, 5.41) is 3.65. The van der Waals surface area contributed by atoms with Gasteiger partial charge in [0.25, 0.3) is 0 Å². The Morgan fingerprint density at radius 3 is 2.80 bits per heavy atom. The Labute approximate surface area is 146 Å². The van der Waals surface area contributed by atoms with Crippen molar-refractivity contribution < 1.29 is 13.9 Å². The van der Waals surface area contributed by atoms with Crippen molar-refractivity contribution in [2.75, 3.05) is 13.2 Å². The molecule has 3 rings (SSSR count). The van der Waals surface area contributed by atoms with E-state index in [4.69, 9.17) is 4.74 Å². The first-order valence-electron chi connectivity index (χ1n) is 8.35. The molecule has 2 aromatic carbocycles. The highest BCUT2D eigenvalue weighted by molar-refractivity contribution is 5.90. The number of aryl methyl sites for hydroxylation is 1. The number of para-hydroxylation sites is 1. The summed E-state index contributed by atoms with van der Waals surface area (Å²) in [5.74, 6) is 0.449. The maximum atomic E-state index is 13.5. The van der Waals surface area contributed by atoms with Crippen LogP contribution in [0, 0.1) is 12.7 Å². The molecule has 130 valence electrons. The smallest absolute Gasteiger partial charge is 0.224 e. The monoisotopic (exact) mass is 340 g/mol. The maximum Gasteiger partial charge on any atom is 0.224 e. The fourth-order valence-corrected chi connectivity index (χ4v) is 2.81. The second kappa shape index (κ2) is 7.83. The van der Waals surface area contributed by atoms with E-state index in [0.29, 0.717) is 13.2 Å². The van der Waals surface area contributed by atoms with Crippen LogP contribution in [0.1, 0.15) is 17.7 Å². The molecule has 3 aromatic rings. The van der Waals surface area contributed by atoms with Crippen LogP contribution >= 0.6 is 0 Å². The number of rotatable bonds is 7. The molecular weight excluding hydrogens is 319 g/mol. The first-order chi connectivity index (χ1) is 12.1. The van der Waals surface area contributed by atoms with Crippen molar-refractivity contribution in [3.8, 4) is 5.75 Å². The molecule has 1 amide bonds. The van der Waals surface area contributed by atoms with Gasteiger partial charge in [-0.1, -0.05) is 18.2 Å². The SMILES string of the molecule is Cc1[nH]c2ccc(F)cc2c1CC(=O)NCCCOc1ccccc1. The maximum absolute atomic E-state index is 13.5. The number of carbonyl (C=O) groups is 1. The number of aromatic nitrogens is 1. The number of carbonyl (C=O) groups excluding carboxylic acids is 1. The number of aromatic amines is 1. The van der Waals surface area contributed by atoms with Gasteiger partial charge >= 0.3 is 0 Å². The van der Waals surface area contributed by atoms with Gasteiger partial charge in [-0.2, -0.15) is 0 Å². The van der Waals surface area contributed by atoms with Gasteiger partial charge in [0.15, 0.2) is 0 Å². The van der Waals surface area contributed by atoms with E-state index in [9.17, 15) is 9.18 Å². The number of fused-ring (bicyclic) bond motifs is 1. The molecule has 5 heteroatoms. The van der Waals surface area contributed by atoms with Crippen molar-refractivity contribution in [3.05, 3.63) is 65.6 Å². The first kappa shape index (κ1) is 17.0. The summed E-state index contributed by atoms with van der Waals surface area (Å²) in [6, 6.07) is 14.2. The molecule has 0 unspecified atom stereocenters. The highest BCUT2D eigenvalue weighted by Crippen LogP contribution is 2.23. The quantitative estimate of drug-likeness (QED) is 0.644. The van der Waals surface area contributed by atoms with Crippen molar-refractivity contribution in [2.24, 2.45) is 0 Å². The van der Waals surface area contributed by atoms with Gasteiger partial charge in [0.05, 0.1) is 13.0 Å². The minimum Gasteiger partial charge on any atom is -0.494 e. The number of hydrogen-bond acceptors (Lipinski definition) is 2. The van der Waals surface area contributed by atoms with E-state index in [0.717, 1.165) is 34.3 Å². The largest absolute Gasteiger partial charge is 0.494 e. The standard InChI is InChI=1S/C20H21FN2O2/c1-14-17(18-12-15(21)8-9-19(18)23-14)13-20(24)22-10-5-11-25-16-6-3-2-4-7-16/h2-4,6-9,12,23H,5,10-11,13H2,1H3,(H,22,24). The van der Waals surface area contributed by atoms with Gasteiger partial charge in [0.1, 0.15) is 11.6 Å². The van der Waals surface area contributed by atoms with Crippen LogP contribution < -0.4 is 10.1 Å². The summed E-state index contributed by atoms with van der Waals surface area (Å²) in [5.41, 5.74) is 2.58. The molecule has 0 saturated carbocycles. The second-order valence-corrected chi connectivity index (χ2v) is 5.96. The Morgan fingerprint density at radius 1 is 1.20 bits per heavy atom. The van der Waals surface area contributed by atoms with Crippen molar-refractivity contribution in [1.29, 1.82) is 0 Å². The molecule has 1 heterocycles. The van der Waals surface area contributed by atoms with Crippen LogP contribution in [-0.4, -0.2) is 24.0 Å². The second-order valence-electron chi connectivity index (χ2n) is 5.96. The summed E-state index contributed by atoms with van der Waals surface area (Å²) < 4.78 is 19.0. The van der Waals surface area contributed by atoms with Crippen LogP contribution in [-0.2, 0) is 11.2 Å². The number of amides is 1. The number of nitrogens with one attached hydrogen (secondary N) is 2. The van der Waals surface area contributed by atoms with Crippen molar-refractivity contribution in [1.82, 2.24) is 10.3 Å². The molecule has 0 spiro atoms. The highest BCUT2D eigenvalue weighted by Gasteiger charge is 2.12. The summed E-state index contributed by atoms with van der Waals surface area (Å²) in [6.45, 7) is 2.98. The van der Waals surface area contributed by atoms with E-state index in [1.807, 2.05) is 37.3 Å². The average Bonchev–Trinajstić information content (AvgIpc) is 2.91. The topological polar surface area (TPSA) is 54.1 Å². The number of halogens is 1. The molecule has 0 aliphatic rings. The zero-order valence-electron chi connectivity index (χ0n) is 14.1. The third-order valence-electron chi connectivity index (χ3n) is 4.07. The molecule has 2 N–H and O–H groups in total. The Morgan fingerprint density at radius 2 is 2.00 bits per heavy atom. The van der Waals surface area contributed by atoms with E-state index in [1.54, 1.807) is 6.07 Å². The molecule has 4 nitrogen and oxygen atoms in total. The van der Waals surface area contributed by atoms with Crippen molar-refractivity contribution in [3.63, 3.8) is 0 Å². The van der Waals surface area contributed by atoms with Crippen LogP contribution in [0.2, 0.25) is 0 Å². The van der Waals surface area contributed by atoms with Gasteiger partial charge in [-0.3, -0.25) is 4.79 Å². The van der Waals surface area contributed by atoms with E-state index in [2.05, 4.69) is 10.3 Å². The molecule has 1 aromatic heterocycles. The Hall–Kier alpha value is -2.82. The summed E-state index contributed by atoms with van der Waals surface area (Å²) in [7, 11) is 0. The Kier molecular flexibility index (Phi) is 5.33. The lowest BCUT2D eigenvalue weighted by molar-refractivity contribution is -0.120. The highest BCUT2D eigenvalue weighted by atomic mass is 19.1. The molecule has 0 saturated heterocycles. The predicted molar refractivity (Wildman–Crippen MR) is 96.3 cm³/mol. The van der Waals surface area contributed by atoms with Gasteiger partial charge in [-0.05, 0) is 49.2 Å². The third kappa shape index (κ3) is 4.38. The summed E-state index contributed by atoms with van der Waals surface area (Å²) in [4.78, 5) is 15.4. The van der Waals surface area contributed by atoms with Gasteiger partial charge in [-0.15, -0.1) is 0 Å². The number of H-pyrrole nitrogens is 1. The van der Waals surface area contributed by atoms with E-state index in [-0.39, 0.29) is 18.1 Å². The molecule has 0 aliphatic carbocycles. The normalized spacial score (nSPS) is 10.8. The molecule has 0 radical (unpaired) electrons. The minimum atomic E-state index is -0.300. The van der Waals surface area contributed by atoms with Gasteiger partial charge in [-0.25, -0.2) is 4.39 Å². The lowest BCUT2D eigenvalue weighted by Gasteiger charge is -2.07. The minimum absolute atomic E-state index is 0.0760. The van der Waals surface area contributed by atoms with Crippen LogP contribution in [0.15, 0.2) is 48.5 Å². The lowest BCUT2D eigenvalue weighted by atomic mass is 10.1. The molecular formula is C20H21FN2O2. The van der Waals surface area contributed by atoms with Crippen LogP contribution in [0.4, 0.5) is 4.39 Å². The van der Waals surface area contributed by atoms with Gasteiger partial charge in [0.2, 0.25) is 5.91 Å². The molecule has 0 bridgehead atoms.